The highest BCUT2D eigenvalue weighted by Crippen LogP contribution is 2.49. The van der Waals surface area contributed by atoms with Crippen molar-refractivity contribution in [2.75, 3.05) is 33.7 Å². The molecule has 0 aromatic heterocycles. The molecule has 2 fully saturated rings. The molecule has 2 heterocycles. The van der Waals surface area contributed by atoms with E-state index in [9.17, 15) is 0 Å². The molecule has 2 rings (SSSR count). The van der Waals surface area contributed by atoms with Gasteiger partial charge in [0, 0.05) is 0 Å². The fraction of sp³-hybridized carbons (Fsp3) is 1.00. The van der Waals surface area contributed by atoms with E-state index in [1.807, 2.05) is 0 Å². The van der Waals surface area contributed by atoms with Gasteiger partial charge in [-0.2, -0.15) is 0 Å². The van der Waals surface area contributed by atoms with E-state index in [2.05, 4.69) is 0 Å². The minimum atomic E-state index is -2.10. The highest BCUT2D eigenvalue weighted by Gasteiger charge is 2.59. The lowest BCUT2D eigenvalue weighted by molar-refractivity contribution is -0.186. The molecule has 0 saturated carbocycles. The third-order valence-electron chi connectivity index (χ3n) is 4.73. The normalized spacial score (nSPS) is 26.4. The van der Waals surface area contributed by atoms with Gasteiger partial charge >= 0.3 is 0 Å². The van der Waals surface area contributed by atoms with E-state index in [0.29, 0.717) is 0 Å². The third-order valence-corrected chi connectivity index (χ3v) is 8.12. The number of nitrogens with zero attached hydrogens (tertiary/aromatic N) is 6. The van der Waals surface area contributed by atoms with Crippen LogP contribution in [0.4, 0.5) is 0 Å². The van der Waals surface area contributed by atoms with E-state index in [1.54, 1.807) is 11.9 Å². The van der Waals surface area contributed by atoms with Crippen LogP contribution in [0.1, 0.15) is 0 Å². The Morgan fingerprint density at radius 2 is 0.697 bits per heavy atom. The predicted octanol–water partition coefficient (Wildman–Crippen LogP) is 7.58. The molecule has 21 heteroatoms. The second kappa shape index (κ2) is 11.5. The molecule has 0 amide bonds. The molecule has 6 nitrogen and oxygen atoms in total. The second-order valence-corrected chi connectivity index (χ2v) is 18.1. The van der Waals surface area contributed by atoms with E-state index >= 15 is 0 Å². The van der Waals surface area contributed by atoms with Gasteiger partial charge in [-0.15, -0.1) is 0 Å². The van der Waals surface area contributed by atoms with Gasteiger partial charge in [-0.1, -0.05) is 174 Å². The molecular weight excluding hydrogens is 760 g/mol. The Balaban J connectivity index is 2.65. The van der Waals surface area contributed by atoms with Crippen molar-refractivity contribution in [2.24, 2.45) is 0 Å². The zero-order valence-corrected chi connectivity index (χ0v) is 27.2. The average Bonchev–Trinajstić information content (AvgIpc) is 2.56. The first kappa shape index (κ1) is 33.3. The highest BCUT2D eigenvalue weighted by atomic mass is 35.6. The van der Waals surface area contributed by atoms with E-state index < -0.39 is 31.9 Å². The third kappa shape index (κ3) is 8.55. The summed E-state index contributed by atoms with van der Waals surface area (Å²) in [5.74, 6) is 0. The van der Waals surface area contributed by atoms with Crippen molar-refractivity contribution < 1.29 is 0 Å². The van der Waals surface area contributed by atoms with Crippen LogP contribution in [0.25, 0.3) is 0 Å². The lowest BCUT2D eigenvalue weighted by Gasteiger charge is -2.61. The van der Waals surface area contributed by atoms with Crippen LogP contribution in [0.3, 0.4) is 0 Å². The van der Waals surface area contributed by atoms with Gasteiger partial charge in [-0.25, -0.2) is 24.5 Å². The number of halogens is 15. The summed E-state index contributed by atoms with van der Waals surface area (Å²) in [4.78, 5) is 8.21. The summed E-state index contributed by atoms with van der Waals surface area (Å²) in [6, 6.07) is 0. The first-order valence-corrected chi connectivity index (χ1v) is 14.0. The van der Waals surface area contributed by atoms with Gasteiger partial charge in [-0.3, -0.25) is 4.90 Å². The summed E-state index contributed by atoms with van der Waals surface area (Å²) in [6.07, 6.45) is -1.98. The molecule has 196 valence electrons. The average molecular weight is 773 g/mol. The maximum atomic E-state index is 6.30. The number of alkyl halides is 15. The van der Waals surface area contributed by atoms with E-state index in [4.69, 9.17) is 174 Å². The maximum Gasteiger partial charge on any atom is 0.250 e. The lowest BCUT2D eigenvalue weighted by atomic mass is 10.2. The van der Waals surface area contributed by atoms with Crippen molar-refractivity contribution in [3.05, 3.63) is 0 Å². The van der Waals surface area contributed by atoms with Crippen LogP contribution in [-0.4, -0.2) is 95.0 Å². The van der Waals surface area contributed by atoms with Gasteiger partial charge in [0.05, 0.1) is 32.8 Å². The number of likely N-dealkylation sites (N-methyl/N-ethyl adjacent to an activating group) is 1. The summed E-state index contributed by atoms with van der Waals surface area (Å²) in [5.41, 5.74) is 0. The Labute approximate surface area is 266 Å². The SMILES string of the molecule is CN1CN(C(Cl)(Cl)Cl)CN(C(Cl)(Cl)Cl)C1C1N(C(Cl)(Cl)Cl)CN(C(Cl)(Cl)Cl)CN1C(Cl)(Cl)Cl. The smallest absolute Gasteiger partial charge is 0.250 e. The lowest BCUT2D eigenvalue weighted by Crippen LogP contribution is -2.78. The van der Waals surface area contributed by atoms with Crippen molar-refractivity contribution in [3.8, 4) is 0 Å². The Morgan fingerprint density at radius 1 is 0.424 bits per heavy atom. The summed E-state index contributed by atoms with van der Waals surface area (Å²) < 4.78 is -10.0. The first-order valence-electron chi connectivity index (χ1n) is 8.30. The van der Waals surface area contributed by atoms with Crippen LogP contribution in [-0.2, 0) is 0 Å². The molecule has 0 radical (unpaired) electrons. The molecule has 0 N–H and O–H groups in total. The fourth-order valence-corrected chi connectivity index (χ4v) is 5.40. The number of rotatable bonds is 1. The molecule has 0 aromatic carbocycles. The topological polar surface area (TPSA) is 19.4 Å². The Morgan fingerprint density at radius 3 is 0.970 bits per heavy atom. The molecule has 0 bridgehead atoms. The van der Waals surface area contributed by atoms with Crippen molar-refractivity contribution in [1.82, 2.24) is 29.4 Å². The molecule has 2 aliphatic heterocycles. The minimum Gasteiger partial charge on any atom is -0.275 e. The van der Waals surface area contributed by atoms with Crippen LogP contribution in [0.2, 0.25) is 0 Å². The Kier molecular flexibility index (Phi) is 11.6. The van der Waals surface area contributed by atoms with Gasteiger partial charge < -0.3 is 0 Å². The van der Waals surface area contributed by atoms with Crippen molar-refractivity contribution >= 4 is 174 Å². The summed E-state index contributed by atoms with van der Waals surface area (Å²) in [5, 5.41) is 0. The molecule has 0 aromatic rings. The quantitative estimate of drug-likeness (QED) is 0.201. The summed E-state index contributed by atoms with van der Waals surface area (Å²) >= 11 is 93.2. The Hall–Kier alpha value is 4.11. The molecule has 1 unspecified atom stereocenters. The van der Waals surface area contributed by atoms with Crippen molar-refractivity contribution in [2.45, 2.75) is 31.9 Å². The molecule has 2 saturated heterocycles. The minimum absolute atomic E-state index is 0.0739. The van der Waals surface area contributed by atoms with Gasteiger partial charge in [0.1, 0.15) is 6.17 Å². The largest absolute Gasteiger partial charge is 0.275 e. The zero-order valence-electron chi connectivity index (χ0n) is 15.8. The van der Waals surface area contributed by atoms with Gasteiger partial charge in [-0.05, 0) is 7.05 Å². The monoisotopic (exact) mass is 766 g/mol. The van der Waals surface area contributed by atoms with Gasteiger partial charge in [0.2, 0.25) is 19.6 Å². The maximum absolute atomic E-state index is 6.30. The molecule has 2 aliphatic rings. The van der Waals surface area contributed by atoms with Crippen LogP contribution in [0, 0.1) is 0 Å². The van der Waals surface area contributed by atoms with Crippen molar-refractivity contribution in [3.63, 3.8) is 0 Å². The highest BCUT2D eigenvalue weighted by molar-refractivity contribution is 6.69. The molecule has 0 spiro atoms. The van der Waals surface area contributed by atoms with Gasteiger partial charge in [0.15, 0.2) is 0 Å². The molecule has 0 aliphatic carbocycles. The second-order valence-electron chi connectivity index (χ2n) is 6.98. The summed E-state index contributed by atoms with van der Waals surface area (Å²) in [6.45, 7) is -0.458. The van der Waals surface area contributed by atoms with Crippen LogP contribution < -0.4 is 0 Å². The first-order chi connectivity index (χ1) is 14.5. The van der Waals surface area contributed by atoms with E-state index in [-0.39, 0.29) is 26.7 Å². The zero-order chi connectivity index (χ0) is 25.9. The van der Waals surface area contributed by atoms with E-state index in [1.165, 1.54) is 24.5 Å². The molecule has 33 heavy (non-hydrogen) atoms. The number of hydrogen-bond donors (Lipinski definition) is 0. The van der Waals surface area contributed by atoms with Crippen LogP contribution in [0.5, 0.6) is 0 Å². The number of hydrogen-bond acceptors (Lipinski definition) is 6. The van der Waals surface area contributed by atoms with Crippen LogP contribution in [0.15, 0.2) is 0 Å². The molecule has 1 atom stereocenters. The fourth-order valence-electron chi connectivity index (χ4n) is 3.37. The van der Waals surface area contributed by atoms with E-state index in [0.717, 1.165) is 0 Å². The van der Waals surface area contributed by atoms with Gasteiger partial charge in [0.25, 0.3) is 0 Å². The molecular formula is C12H13Cl15N6. The van der Waals surface area contributed by atoms with Crippen molar-refractivity contribution in [1.29, 1.82) is 0 Å². The summed E-state index contributed by atoms with van der Waals surface area (Å²) in [7, 11) is 1.64. The standard InChI is InChI=1S/C12H13Cl15N6/c1-28-2-29(8(13,14)15)3-31(10(19,20)21)6(28)7-32(11(22,23)24)4-30(9(16,17)18)5-33(7)12(25,26)27/h6-7H,2-5H2,1H3. The Bertz CT molecular complexity index is 657. The predicted molar refractivity (Wildman–Crippen MR) is 145 cm³/mol. The van der Waals surface area contributed by atoms with Crippen LogP contribution >= 0.6 is 174 Å².